The van der Waals surface area contributed by atoms with Crippen molar-refractivity contribution in [3.05, 3.63) is 59.7 Å². The van der Waals surface area contributed by atoms with E-state index in [-0.39, 0.29) is 12.5 Å². The van der Waals surface area contributed by atoms with Crippen LogP contribution < -0.4 is 10.6 Å². The number of aliphatic carboxylic acids is 1. The van der Waals surface area contributed by atoms with Crippen LogP contribution in [0.25, 0.3) is 11.1 Å². The third-order valence-corrected chi connectivity index (χ3v) is 6.23. The number of rotatable bonds is 10. The number of hydrogen-bond acceptors (Lipinski definition) is 5. The smallest absolute Gasteiger partial charge is 0.407 e. The molecule has 7 nitrogen and oxygen atoms in total. The van der Waals surface area contributed by atoms with Gasteiger partial charge in [-0.05, 0) is 47.1 Å². The van der Waals surface area contributed by atoms with Gasteiger partial charge in [0.1, 0.15) is 18.7 Å². The molecule has 0 saturated heterocycles. The number of thioether (sulfide) groups is 1. The highest BCUT2D eigenvalue weighted by Crippen LogP contribution is 2.44. The molecule has 3 N–H and O–H groups in total. The zero-order valence-electron chi connectivity index (χ0n) is 18.2. The van der Waals surface area contributed by atoms with Gasteiger partial charge in [0, 0.05) is 5.92 Å². The molecule has 2 aromatic rings. The van der Waals surface area contributed by atoms with Crippen LogP contribution in [0.4, 0.5) is 4.79 Å². The Morgan fingerprint density at radius 3 is 2.12 bits per heavy atom. The van der Waals surface area contributed by atoms with Gasteiger partial charge in [-0.2, -0.15) is 11.8 Å². The molecule has 0 spiro atoms. The van der Waals surface area contributed by atoms with Crippen molar-refractivity contribution in [1.82, 2.24) is 10.6 Å². The summed E-state index contributed by atoms with van der Waals surface area (Å²) in [4.78, 5) is 36.4. The maximum atomic E-state index is 12.5. The minimum Gasteiger partial charge on any atom is -0.480 e. The van der Waals surface area contributed by atoms with Crippen LogP contribution in [0.3, 0.4) is 0 Å². The lowest BCUT2D eigenvalue weighted by Gasteiger charge is -2.21. The molecule has 1 aliphatic carbocycles. The number of ether oxygens (including phenoxy) is 1. The van der Waals surface area contributed by atoms with E-state index in [0.717, 1.165) is 22.3 Å². The van der Waals surface area contributed by atoms with Gasteiger partial charge in [0.05, 0.1) is 0 Å². The van der Waals surface area contributed by atoms with Crippen LogP contribution in [-0.4, -0.2) is 53.8 Å². The maximum absolute atomic E-state index is 12.5. The van der Waals surface area contributed by atoms with Crippen molar-refractivity contribution in [2.75, 3.05) is 18.6 Å². The Bertz CT molecular complexity index is 935. The van der Waals surface area contributed by atoms with Crippen LogP contribution in [0.2, 0.25) is 0 Å². The Hall–Kier alpha value is -3.00. The summed E-state index contributed by atoms with van der Waals surface area (Å²) < 4.78 is 5.49. The van der Waals surface area contributed by atoms with Crippen LogP contribution in [0, 0.1) is 0 Å². The lowest BCUT2D eigenvalue weighted by Crippen LogP contribution is -2.51. The molecule has 2 atom stereocenters. The van der Waals surface area contributed by atoms with E-state index >= 15 is 0 Å². The monoisotopic (exact) mass is 456 g/mol. The zero-order valence-corrected chi connectivity index (χ0v) is 19.0. The van der Waals surface area contributed by atoms with Crippen LogP contribution in [-0.2, 0) is 14.3 Å². The van der Waals surface area contributed by atoms with Crippen molar-refractivity contribution in [2.45, 2.75) is 37.8 Å². The topological polar surface area (TPSA) is 105 Å². The Balaban J connectivity index is 1.60. The van der Waals surface area contributed by atoms with E-state index in [0.29, 0.717) is 18.6 Å². The largest absolute Gasteiger partial charge is 0.480 e. The minimum absolute atomic E-state index is 0.0787. The lowest BCUT2D eigenvalue weighted by atomic mass is 9.98. The lowest BCUT2D eigenvalue weighted by molar-refractivity contribution is -0.142. The molecule has 1 unspecified atom stereocenters. The average Bonchev–Trinajstić information content (AvgIpc) is 3.12. The van der Waals surface area contributed by atoms with Gasteiger partial charge < -0.3 is 20.5 Å². The van der Waals surface area contributed by atoms with Gasteiger partial charge in [0.2, 0.25) is 5.91 Å². The Kier molecular flexibility index (Phi) is 8.16. The van der Waals surface area contributed by atoms with Crippen LogP contribution in [0.5, 0.6) is 0 Å². The highest BCUT2D eigenvalue weighted by atomic mass is 32.2. The normalized spacial score (nSPS) is 14.1. The number of benzene rings is 2. The second-order valence-electron chi connectivity index (χ2n) is 7.61. The molecule has 3 rings (SSSR count). The second-order valence-corrected chi connectivity index (χ2v) is 8.60. The first-order valence-corrected chi connectivity index (χ1v) is 12.0. The van der Waals surface area contributed by atoms with Crippen LogP contribution >= 0.6 is 11.8 Å². The number of fused-ring (bicyclic) bond motifs is 3. The van der Waals surface area contributed by atoms with Gasteiger partial charge >= 0.3 is 12.1 Å². The Labute approximate surface area is 191 Å². The molecule has 2 aromatic carbocycles. The predicted molar refractivity (Wildman–Crippen MR) is 125 cm³/mol. The molecule has 32 heavy (non-hydrogen) atoms. The number of nitrogens with one attached hydrogen (secondary N) is 2. The van der Waals surface area contributed by atoms with Crippen molar-refractivity contribution in [1.29, 1.82) is 0 Å². The van der Waals surface area contributed by atoms with E-state index in [1.54, 1.807) is 6.92 Å². The number of carbonyl (C=O) groups excluding carboxylic acids is 2. The minimum atomic E-state index is -1.09. The number of carbonyl (C=O) groups is 3. The van der Waals surface area contributed by atoms with Gasteiger partial charge in [0.15, 0.2) is 0 Å². The zero-order chi connectivity index (χ0) is 23.1. The molecule has 0 radical (unpaired) electrons. The summed E-state index contributed by atoms with van der Waals surface area (Å²) in [5.74, 6) is -1.10. The predicted octanol–water partition coefficient (Wildman–Crippen LogP) is 3.63. The molecular weight excluding hydrogens is 428 g/mol. The number of carboxylic acids is 1. The second kappa shape index (κ2) is 11.0. The van der Waals surface area contributed by atoms with Crippen molar-refractivity contribution in [3.63, 3.8) is 0 Å². The molecule has 0 saturated carbocycles. The van der Waals surface area contributed by atoms with E-state index in [9.17, 15) is 19.5 Å². The number of alkyl carbamates (subject to hydrolysis) is 1. The van der Waals surface area contributed by atoms with E-state index in [2.05, 4.69) is 22.8 Å². The maximum Gasteiger partial charge on any atom is 0.407 e. The standard InChI is InChI=1S/C24H28N2O5S/c1-3-20(22(27)25-21(23(28)29)12-13-32-2)26-24(30)31-14-19-17-10-6-4-8-15(17)16-9-5-7-11-18(16)19/h4-11,19-21H,3,12-14H2,1-2H3,(H,25,27)(H,26,30)(H,28,29)/t20?,21-/m0/s1. The highest BCUT2D eigenvalue weighted by molar-refractivity contribution is 7.98. The molecule has 0 heterocycles. The molecule has 0 aliphatic heterocycles. The first kappa shape index (κ1) is 23.7. The summed E-state index contributed by atoms with van der Waals surface area (Å²) in [5, 5.41) is 14.4. The molecule has 0 aromatic heterocycles. The van der Waals surface area contributed by atoms with E-state index in [4.69, 9.17) is 4.74 Å². The molecule has 0 fully saturated rings. The number of amides is 2. The summed E-state index contributed by atoms with van der Waals surface area (Å²) in [6.07, 6.45) is 1.79. The fourth-order valence-electron chi connectivity index (χ4n) is 3.90. The van der Waals surface area contributed by atoms with E-state index in [1.807, 2.05) is 42.7 Å². The Morgan fingerprint density at radius 2 is 1.59 bits per heavy atom. The highest BCUT2D eigenvalue weighted by Gasteiger charge is 2.30. The van der Waals surface area contributed by atoms with Gasteiger partial charge in [-0.25, -0.2) is 9.59 Å². The van der Waals surface area contributed by atoms with Crippen molar-refractivity contribution in [2.24, 2.45) is 0 Å². The van der Waals surface area contributed by atoms with E-state index in [1.165, 1.54) is 11.8 Å². The van der Waals surface area contributed by atoms with Gasteiger partial charge in [-0.3, -0.25) is 4.79 Å². The van der Waals surface area contributed by atoms with Crippen LogP contribution in [0.15, 0.2) is 48.5 Å². The first-order chi connectivity index (χ1) is 15.5. The quantitative estimate of drug-likeness (QED) is 0.504. The summed E-state index contributed by atoms with van der Waals surface area (Å²) >= 11 is 1.50. The van der Waals surface area contributed by atoms with E-state index < -0.39 is 30.1 Å². The van der Waals surface area contributed by atoms with Gasteiger partial charge in [-0.15, -0.1) is 0 Å². The average molecular weight is 457 g/mol. The fraction of sp³-hybridized carbons (Fsp3) is 0.375. The molecule has 8 heteroatoms. The third kappa shape index (κ3) is 5.43. The first-order valence-electron chi connectivity index (χ1n) is 10.6. The summed E-state index contributed by atoms with van der Waals surface area (Å²) in [6.45, 7) is 1.88. The molecule has 1 aliphatic rings. The van der Waals surface area contributed by atoms with Gasteiger partial charge in [-0.1, -0.05) is 55.5 Å². The molecule has 2 amide bonds. The third-order valence-electron chi connectivity index (χ3n) is 5.59. The summed E-state index contributed by atoms with van der Waals surface area (Å²) in [7, 11) is 0. The molecule has 170 valence electrons. The molecule has 0 bridgehead atoms. The van der Waals surface area contributed by atoms with Crippen molar-refractivity contribution >= 4 is 29.7 Å². The van der Waals surface area contributed by atoms with Gasteiger partial charge in [0.25, 0.3) is 0 Å². The summed E-state index contributed by atoms with van der Waals surface area (Å²) in [5.41, 5.74) is 4.47. The fourth-order valence-corrected chi connectivity index (χ4v) is 4.37. The molecular formula is C24H28N2O5S. The van der Waals surface area contributed by atoms with Crippen LogP contribution in [0.1, 0.15) is 36.8 Å². The SMILES string of the molecule is CCC(NC(=O)OCC1c2ccccc2-c2ccccc21)C(=O)N[C@@H](CCSC)C(=O)O. The summed E-state index contributed by atoms with van der Waals surface area (Å²) in [6, 6.07) is 14.2. The number of carboxylic acid groups (broad SMARTS) is 1. The Morgan fingerprint density at radius 1 is 1.00 bits per heavy atom. The van der Waals surface area contributed by atoms with Crippen molar-refractivity contribution in [3.8, 4) is 11.1 Å². The number of hydrogen-bond donors (Lipinski definition) is 3. The van der Waals surface area contributed by atoms with Crippen molar-refractivity contribution < 1.29 is 24.2 Å².